The van der Waals surface area contributed by atoms with Crippen LogP contribution >= 0.6 is 11.6 Å². The van der Waals surface area contributed by atoms with Crippen LogP contribution < -0.4 is 0 Å². The molecule has 7 heteroatoms. The lowest BCUT2D eigenvalue weighted by Gasteiger charge is -2.26. The van der Waals surface area contributed by atoms with Crippen molar-refractivity contribution < 1.29 is 13.2 Å². The number of carbonyl (C=O) groups is 1. The summed E-state index contributed by atoms with van der Waals surface area (Å²) in [6.45, 7) is 0.429. The summed E-state index contributed by atoms with van der Waals surface area (Å²) in [6.07, 6.45) is 1.50. The molecule has 1 aliphatic heterocycles. The summed E-state index contributed by atoms with van der Waals surface area (Å²) in [6, 6.07) is 3.21. The van der Waals surface area contributed by atoms with Crippen molar-refractivity contribution >= 4 is 27.3 Å². The molecule has 0 saturated carbocycles. The molecule has 1 saturated heterocycles. The van der Waals surface area contributed by atoms with Gasteiger partial charge < -0.3 is 4.90 Å². The van der Waals surface area contributed by atoms with E-state index in [4.69, 9.17) is 11.6 Å². The lowest BCUT2D eigenvalue weighted by atomic mass is 10.2. The molecule has 2 rings (SSSR count). The van der Waals surface area contributed by atoms with Gasteiger partial charge in [-0.15, -0.1) is 0 Å². The Bertz CT molecular complexity index is 530. The SMILES string of the molecule is O=C(c1cccnc1Cl)N1CCS(=O)(=O)CC1. The zero-order chi connectivity index (χ0) is 12.5. The Morgan fingerprint density at radius 3 is 2.59 bits per heavy atom. The van der Waals surface area contributed by atoms with Gasteiger partial charge in [0.1, 0.15) is 5.15 Å². The molecular weight excluding hydrogens is 264 g/mol. The number of amides is 1. The maximum Gasteiger partial charge on any atom is 0.257 e. The van der Waals surface area contributed by atoms with Crippen molar-refractivity contribution in [3.05, 3.63) is 29.0 Å². The van der Waals surface area contributed by atoms with Crippen LogP contribution in [0, 0.1) is 0 Å². The second-order valence-electron chi connectivity index (χ2n) is 3.79. The van der Waals surface area contributed by atoms with Crippen molar-refractivity contribution in [2.24, 2.45) is 0 Å². The van der Waals surface area contributed by atoms with Crippen LogP contribution in [0.4, 0.5) is 0 Å². The largest absolute Gasteiger partial charge is 0.337 e. The predicted octanol–water partition coefficient (Wildman–Crippen LogP) is 0.606. The first kappa shape index (κ1) is 12.3. The third-order valence-corrected chi connectivity index (χ3v) is 4.53. The summed E-state index contributed by atoms with van der Waals surface area (Å²) < 4.78 is 22.5. The van der Waals surface area contributed by atoms with Gasteiger partial charge in [0, 0.05) is 19.3 Å². The monoisotopic (exact) mass is 274 g/mol. The van der Waals surface area contributed by atoms with Gasteiger partial charge in [-0.2, -0.15) is 0 Å². The average Bonchev–Trinajstić information content (AvgIpc) is 2.29. The van der Waals surface area contributed by atoms with E-state index in [0.29, 0.717) is 5.56 Å². The van der Waals surface area contributed by atoms with Crippen molar-refractivity contribution in [2.75, 3.05) is 24.6 Å². The molecule has 0 atom stereocenters. The molecule has 1 aliphatic rings. The van der Waals surface area contributed by atoms with Crippen molar-refractivity contribution in [3.63, 3.8) is 0 Å². The van der Waals surface area contributed by atoms with Crippen LogP contribution in [-0.4, -0.2) is 48.8 Å². The number of aromatic nitrogens is 1. The summed E-state index contributed by atoms with van der Waals surface area (Å²) in [4.78, 5) is 17.4. The van der Waals surface area contributed by atoms with Crippen LogP contribution in [-0.2, 0) is 9.84 Å². The molecule has 0 spiro atoms. The first-order valence-corrected chi connectivity index (χ1v) is 7.30. The average molecular weight is 275 g/mol. The van der Waals surface area contributed by atoms with Crippen LogP contribution in [0.5, 0.6) is 0 Å². The first-order valence-electron chi connectivity index (χ1n) is 5.10. The van der Waals surface area contributed by atoms with Gasteiger partial charge in [0.25, 0.3) is 5.91 Å². The van der Waals surface area contributed by atoms with E-state index >= 15 is 0 Å². The highest BCUT2D eigenvalue weighted by Gasteiger charge is 2.26. The molecule has 17 heavy (non-hydrogen) atoms. The normalized spacial score (nSPS) is 19.0. The molecule has 1 aromatic heterocycles. The summed E-state index contributed by atoms with van der Waals surface area (Å²) in [5.74, 6) is -0.245. The molecule has 0 unspecified atom stereocenters. The molecule has 1 fully saturated rings. The highest BCUT2D eigenvalue weighted by Crippen LogP contribution is 2.15. The number of halogens is 1. The van der Waals surface area contributed by atoms with Gasteiger partial charge in [0.05, 0.1) is 17.1 Å². The second-order valence-corrected chi connectivity index (χ2v) is 6.45. The lowest BCUT2D eigenvalue weighted by Crippen LogP contribution is -2.43. The number of nitrogens with zero attached hydrogens (tertiary/aromatic N) is 2. The van der Waals surface area contributed by atoms with E-state index in [1.54, 1.807) is 12.1 Å². The summed E-state index contributed by atoms with van der Waals surface area (Å²) in [5, 5.41) is 0.144. The van der Waals surface area contributed by atoms with Crippen LogP contribution in [0.25, 0.3) is 0 Å². The minimum atomic E-state index is -2.98. The lowest BCUT2D eigenvalue weighted by molar-refractivity contribution is 0.0770. The van der Waals surface area contributed by atoms with Crippen LogP contribution in [0.1, 0.15) is 10.4 Å². The molecule has 1 aromatic rings. The van der Waals surface area contributed by atoms with E-state index in [-0.39, 0.29) is 35.7 Å². The van der Waals surface area contributed by atoms with Crippen LogP contribution in [0.2, 0.25) is 5.15 Å². The quantitative estimate of drug-likeness (QED) is 0.704. The van der Waals surface area contributed by atoms with Crippen LogP contribution in [0.3, 0.4) is 0 Å². The smallest absolute Gasteiger partial charge is 0.257 e. The predicted molar refractivity (Wildman–Crippen MR) is 63.8 cm³/mol. The van der Waals surface area contributed by atoms with Gasteiger partial charge in [-0.05, 0) is 12.1 Å². The van der Waals surface area contributed by atoms with Crippen molar-refractivity contribution in [2.45, 2.75) is 0 Å². The number of sulfone groups is 1. The van der Waals surface area contributed by atoms with E-state index in [2.05, 4.69) is 4.98 Å². The van der Waals surface area contributed by atoms with Gasteiger partial charge in [-0.3, -0.25) is 4.79 Å². The molecule has 0 aromatic carbocycles. The minimum Gasteiger partial charge on any atom is -0.337 e. The number of rotatable bonds is 1. The molecule has 0 bridgehead atoms. The number of pyridine rings is 1. The summed E-state index contributed by atoms with van der Waals surface area (Å²) in [5.41, 5.74) is 0.313. The van der Waals surface area contributed by atoms with E-state index in [0.717, 1.165) is 0 Å². The van der Waals surface area contributed by atoms with Crippen molar-refractivity contribution in [3.8, 4) is 0 Å². The van der Waals surface area contributed by atoms with Gasteiger partial charge in [-0.1, -0.05) is 11.6 Å². The Hall–Kier alpha value is -1.14. The minimum absolute atomic E-state index is 0.0105. The molecule has 0 aliphatic carbocycles. The molecular formula is C10H11ClN2O3S. The molecule has 0 N–H and O–H groups in total. The fraction of sp³-hybridized carbons (Fsp3) is 0.400. The molecule has 2 heterocycles. The highest BCUT2D eigenvalue weighted by atomic mass is 35.5. The van der Waals surface area contributed by atoms with Crippen molar-refractivity contribution in [1.29, 1.82) is 0 Å². The topological polar surface area (TPSA) is 67.3 Å². The first-order chi connectivity index (χ1) is 7.99. The Balaban J connectivity index is 2.15. The fourth-order valence-corrected chi connectivity index (χ4v) is 3.03. The number of hydrogen-bond donors (Lipinski definition) is 0. The Labute approximate surface area is 104 Å². The van der Waals surface area contributed by atoms with Gasteiger partial charge in [0.2, 0.25) is 0 Å². The Kier molecular flexibility index (Phi) is 3.35. The van der Waals surface area contributed by atoms with Gasteiger partial charge in [-0.25, -0.2) is 13.4 Å². The van der Waals surface area contributed by atoms with Crippen molar-refractivity contribution in [1.82, 2.24) is 9.88 Å². The molecule has 5 nitrogen and oxygen atoms in total. The van der Waals surface area contributed by atoms with Gasteiger partial charge in [0.15, 0.2) is 9.84 Å². The third-order valence-electron chi connectivity index (χ3n) is 2.62. The molecule has 1 amide bonds. The van der Waals surface area contributed by atoms with E-state index in [1.807, 2.05) is 0 Å². The zero-order valence-corrected chi connectivity index (χ0v) is 10.5. The summed E-state index contributed by atoms with van der Waals surface area (Å²) in [7, 11) is -2.98. The fourth-order valence-electron chi connectivity index (χ4n) is 1.63. The summed E-state index contributed by atoms with van der Waals surface area (Å²) >= 11 is 5.82. The maximum atomic E-state index is 12.0. The van der Waals surface area contributed by atoms with E-state index in [1.165, 1.54) is 11.1 Å². The number of carbonyl (C=O) groups excluding carboxylic acids is 1. The second kappa shape index (κ2) is 4.62. The maximum absolute atomic E-state index is 12.0. The standard InChI is InChI=1S/C10H11ClN2O3S/c11-9-8(2-1-3-12-9)10(14)13-4-6-17(15,16)7-5-13/h1-3H,4-7H2. The third kappa shape index (κ3) is 2.76. The van der Waals surface area contributed by atoms with Gasteiger partial charge >= 0.3 is 0 Å². The Morgan fingerprint density at radius 1 is 1.35 bits per heavy atom. The van der Waals surface area contributed by atoms with Crippen LogP contribution in [0.15, 0.2) is 18.3 Å². The zero-order valence-electron chi connectivity index (χ0n) is 8.97. The van der Waals surface area contributed by atoms with E-state index < -0.39 is 9.84 Å². The Morgan fingerprint density at radius 2 is 2.00 bits per heavy atom. The number of hydrogen-bond acceptors (Lipinski definition) is 4. The molecule has 92 valence electrons. The highest BCUT2D eigenvalue weighted by molar-refractivity contribution is 7.91. The van der Waals surface area contributed by atoms with E-state index in [9.17, 15) is 13.2 Å². The molecule has 0 radical (unpaired) electrons.